The number of ether oxygens (including phenoxy) is 1. The summed E-state index contributed by atoms with van der Waals surface area (Å²) in [5, 5.41) is 0. The number of halogens is 6. The number of rotatable bonds is 5. The van der Waals surface area contributed by atoms with Crippen LogP contribution in [-0.4, -0.2) is 12.4 Å². The molecule has 0 radical (unpaired) electrons. The van der Waals surface area contributed by atoms with E-state index >= 15 is 0 Å². The molecule has 7 heteroatoms. The summed E-state index contributed by atoms with van der Waals surface area (Å²) in [5.41, 5.74) is -5.37. The third kappa shape index (κ3) is 4.25. The number of hydrogen-bond donors (Lipinski definition) is 0. The summed E-state index contributed by atoms with van der Waals surface area (Å²) in [6.07, 6.45) is -11.3. The van der Waals surface area contributed by atoms with Gasteiger partial charge < -0.3 is 4.74 Å². The van der Waals surface area contributed by atoms with E-state index in [1.54, 1.807) is 48.5 Å². The third-order valence-corrected chi connectivity index (χ3v) is 5.50. The minimum absolute atomic E-state index is 0.199. The van der Waals surface area contributed by atoms with Gasteiger partial charge in [0.25, 0.3) is 0 Å². The Morgan fingerprint density at radius 2 is 0.912 bits per heavy atom. The van der Waals surface area contributed by atoms with Crippen LogP contribution in [0.15, 0.2) is 109 Å². The molecular weight excluding hydrogens is 454 g/mol. The Morgan fingerprint density at radius 3 is 1.50 bits per heavy atom. The SMILES string of the molecule is FC(F)(F)C(c1ccccc1)(c1cccc(-c2cccc(Oc3ccccc3)c2)c1)C(F)(F)F. The van der Waals surface area contributed by atoms with E-state index in [4.69, 9.17) is 4.74 Å². The van der Waals surface area contributed by atoms with Crippen LogP contribution in [0.25, 0.3) is 11.1 Å². The summed E-state index contributed by atoms with van der Waals surface area (Å²) in [7, 11) is 0. The van der Waals surface area contributed by atoms with Crippen LogP contribution in [0.1, 0.15) is 11.1 Å². The molecule has 0 spiro atoms. The van der Waals surface area contributed by atoms with Gasteiger partial charge in [-0.3, -0.25) is 0 Å². The highest BCUT2D eigenvalue weighted by molar-refractivity contribution is 5.67. The standard InChI is InChI=1S/C27H18F6O/c28-26(29,30)25(27(31,32)33,21-11-3-1-4-12-21)22-13-7-9-19(17-22)20-10-8-16-24(18-20)34-23-14-5-2-6-15-23/h1-18H. The molecule has 174 valence electrons. The van der Waals surface area contributed by atoms with Crippen molar-refractivity contribution in [3.63, 3.8) is 0 Å². The van der Waals surface area contributed by atoms with Crippen molar-refractivity contribution in [3.05, 3.63) is 120 Å². The Labute approximate surface area is 192 Å². The van der Waals surface area contributed by atoms with Crippen molar-refractivity contribution in [1.29, 1.82) is 0 Å². The van der Waals surface area contributed by atoms with E-state index in [1.165, 1.54) is 18.2 Å². The van der Waals surface area contributed by atoms with Gasteiger partial charge in [0.15, 0.2) is 0 Å². The lowest BCUT2D eigenvalue weighted by Gasteiger charge is -2.38. The summed E-state index contributed by atoms with van der Waals surface area (Å²) in [4.78, 5) is 0. The molecule has 4 aromatic carbocycles. The summed E-state index contributed by atoms with van der Waals surface area (Å²) in [5.74, 6) is 0.945. The molecule has 0 heterocycles. The minimum Gasteiger partial charge on any atom is -0.457 e. The van der Waals surface area contributed by atoms with Crippen LogP contribution in [0.4, 0.5) is 26.3 Å². The maximum Gasteiger partial charge on any atom is 0.411 e. The zero-order chi connectivity index (χ0) is 24.4. The summed E-state index contributed by atoms with van der Waals surface area (Å²) in [6, 6.07) is 25.1. The lowest BCUT2D eigenvalue weighted by atomic mass is 9.72. The van der Waals surface area contributed by atoms with Gasteiger partial charge in [-0.15, -0.1) is 0 Å². The predicted octanol–water partition coefficient (Wildman–Crippen LogP) is 8.56. The second-order valence-corrected chi connectivity index (χ2v) is 7.64. The topological polar surface area (TPSA) is 9.23 Å². The van der Waals surface area contributed by atoms with Crippen LogP contribution in [-0.2, 0) is 5.41 Å². The molecule has 0 saturated heterocycles. The molecule has 0 aromatic heterocycles. The van der Waals surface area contributed by atoms with Crippen LogP contribution in [0.5, 0.6) is 11.5 Å². The third-order valence-electron chi connectivity index (χ3n) is 5.50. The smallest absolute Gasteiger partial charge is 0.411 e. The summed E-state index contributed by atoms with van der Waals surface area (Å²) >= 11 is 0. The fourth-order valence-corrected chi connectivity index (χ4v) is 3.97. The van der Waals surface area contributed by atoms with Gasteiger partial charge in [0, 0.05) is 0 Å². The lowest BCUT2D eigenvalue weighted by Crippen LogP contribution is -2.54. The second kappa shape index (κ2) is 8.89. The average Bonchev–Trinajstić information content (AvgIpc) is 2.79. The molecule has 0 N–H and O–H groups in total. The van der Waals surface area contributed by atoms with Gasteiger partial charge in [0.1, 0.15) is 11.5 Å². The van der Waals surface area contributed by atoms with E-state index in [1.807, 2.05) is 6.07 Å². The van der Waals surface area contributed by atoms with Crippen LogP contribution < -0.4 is 4.74 Å². The molecule has 0 fully saturated rings. The van der Waals surface area contributed by atoms with E-state index in [0.29, 0.717) is 17.1 Å². The number of benzene rings is 4. The van der Waals surface area contributed by atoms with Crippen LogP contribution >= 0.6 is 0 Å². The lowest BCUT2D eigenvalue weighted by molar-refractivity contribution is -0.288. The monoisotopic (exact) mass is 472 g/mol. The Kier molecular flexibility index (Phi) is 6.13. The van der Waals surface area contributed by atoms with E-state index in [0.717, 1.165) is 36.4 Å². The maximum absolute atomic E-state index is 14.3. The fraction of sp³-hybridized carbons (Fsp3) is 0.111. The molecule has 4 rings (SSSR count). The van der Waals surface area contributed by atoms with Gasteiger partial charge in [-0.1, -0.05) is 78.9 Å². The molecule has 0 aliphatic rings. The molecule has 0 aliphatic carbocycles. The van der Waals surface area contributed by atoms with Crippen molar-refractivity contribution in [3.8, 4) is 22.6 Å². The molecule has 34 heavy (non-hydrogen) atoms. The van der Waals surface area contributed by atoms with Crippen molar-refractivity contribution < 1.29 is 31.1 Å². The Morgan fingerprint density at radius 1 is 0.441 bits per heavy atom. The Bertz CT molecular complexity index is 1230. The van der Waals surface area contributed by atoms with Gasteiger partial charge >= 0.3 is 12.4 Å². The number of hydrogen-bond acceptors (Lipinski definition) is 1. The molecule has 0 aliphatic heterocycles. The zero-order valence-corrected chi connectivity index (χ0v) is 17.6. The largest absolute Gasteiger partial charge is 0.457 e. The molecule has 0 amide bonds. The first-order valence-electron chi connectivity index (χ1n) is 10.3. The molecule has 0 saturated carbocycles. The van der Waals surface area contributed by atoms with E-state index in [2.05, 4.69) is 0 Å². The molecule has 0 atom stereocenters. The van der Waals surface area contributed by atoms with Crippen LogP contribution in [0, 0.1) is 0 Å². The molecular formula is C27H18F6O. The summed E-state index contributed by atoms with van der Waals surface area (Å²) in [6.45, 7) is 0. The predicted molar refractivity (Wildman–Crippen MR) is 118 cm³/mol. The highest BCUT2D eigenvalue weighted by Crippen LogP contribution is 2.56. The Hall–Kier alpha value is -3.74. The quantitative estimate of drug-likeness (QED) is 0.265. The van der Waals surface area contributed by atoms with Gasteiger partial charge in [-0.2, -0.15) is 26.3 Å². The summed E-state index contributed by atoms with van der Waals surface area (Å²) < 4.78 is 91.8. The van der Waals surface area contributed by atoms with Crippen molar-refractivity contribution in [1.82, 2.24) is 0 Å². The molecule has 1 nitrogen and oxygen atoms in total. The second-order valence-electron chi connectivity index (χ2n) is 7.64. The normalized spacial score (nSPS) is 12.4. The van der Waals surface area contributed by atoms with Crippen molar-refractivity contribution >= 4 is 0 Å². The van der Waals surface area contributed by atoms with Crippen molar-refractivity contribution in [2.75, 3.05) is 0 Å². The van der Waals surface area contributed by atoms with Gasteiger partial charge in [-0.05, 0) is 52.6 Å². The van der Waals surface area contributed by atoms with E-state index in [-0.39, 0.29) is 5.56 Å². The average molecular weight is 472 g/mol. The van der Waals surface area contributed by atoms with Gasteiger partial charge in [-0.25, -0.2) is 0 Å². The number of para-hydroxylation sites is 1. The van der Waals surface area contributed by atoms with E-state index < -0.39 is 28.9 Å². The molecule has 4 aromatic rings. The van der Waals surface area contributed by atoms with Crippen LogP contribution in [0.3, 0.4) is 0 Å². The highest BCUT2D eigenvalue weighted by atomic mass is 19.4. The minimum atomic E-state index is -5.64. The molecule has 0 unspecified atom stereocenters. The first-order chi connectivity index (χ1) is 16.1. The fourth-order valence-electron chi connectivity index (χ4n) is 3.97. The van der Waals surface area contributed by atoms with Crippen LogP contribution in [0.2, 0.25) is 0 Å². The van der Waals surface area contributed by atoms with Crippen molar-refractivity contribution in [2.45, 2.75) is 17.8 Å². The van der Waals surface area contributed by atoms with Gasteiger partial charge in [0.2, 0.25) is 5.41 Å². The van der Waals surface area contributed by atoms with E-state index in [9.17, 15) is 26.3 Å². The Balaban J connectivity index is 1.84. The van der Waals surface area contributed by atoms with Crippen molar-refractivity contribution in [2.24, 2.45) is 0 Å². The molecule has 0 bridgehead atoms. The number of alkyl halides is 6. The zero-order valence-electron chi connectivity index (χ0n) is 17.6. The highest BCUT2D eigenvalue weighted by Gasteiger charge is 2.72. The first kappa shape index (κ1) is 23.4. The maximum atomic E-state index is 14.3. The van der Waals surface area contributed by atoms with Gasteiger partial charge in [0.05, 0.1) is 0 Å². The first-order valence-corrected chi connectivity index (χ1v) is 10.3.